The molecule has 1 aliphatic heterocycles. The van der Waals surface area contributed by atoms with Gasteiger partial charge in [-0.15, -0.1) is 0 Å². The molecular weight excluding hydrogens is 246 g/mol. The van der Waals surface area contributed by atoms with Crippen molar-refractivity contribution >= 4 is 0 Å². The van der Waals surface area contributed by atoms with Crippen LogP contribution in [0.25, 0.3) is 0 Å². The largest absolute Gasteiger partial charge is 0.329 e. The number of hydrogen-bond acceptors (Lipinski definition) is 3. The van der Waals surface area contributed by atoms with Crippen molar-refractivity contribution in [1.82, 2.24) is 9.80 Å². The highest BCUT2D eigenvalue weighted by Crippen LogP contribution is 2.26. The molecular formula is C17H29N3. The SMILES string of the molecule is Cc1cccc(C(CN)N(C)CC2CCCN2C)c1C. The van der Waals surface area contributed by atoms with E-state index in [0.29, 0.717) is 18.6 Å². The zero-order valence-electron chi connectivity index (χ0n) is 13.4. The van der Waals surface area contributed by atoms with E-state index in [1.165, 1.54) is 36.1 Å². The number of likely N-dealkylation sites (tertiary alicyclic amines) is 1. The third kappa shape index (κ3) is 3.22. The Balaban J connectivity index is 2.12. The number of likely N-dealkylation sites (N-methyl/N-ethyl adjacent to an activating group) is 2. The zero-order chi connectivity index (χ0) is 14.7. The Morgan fingerprint density at radius 2 is 2.15 bits per heavy atom. The lowest BCUT2D eigenvalue weighted by atomic mass is 9.96. The molecule has 0 amide bonds. The Bertz CT molecular complexity index is 444. The Morgan fingerprint density at radius 1 is 1.40 bits per heavy atom. The van der Waals surface area contributed by atoms with Crippen LogP contribution in [0.4, 0.5) is 0 Å². The smallest absolute Gasteiger partial charge is 0.0470 e. The molecule has 0 saturated carbocycles. The molecule has 20 heavy (non-hydrogen) atoms. The first-order valence-electron chi connectivity index (χ1n) is 7.71. The molecule has 1 heterocycles. The third-order valence-corrected chi connectivity index (χ3v) is 4.93. The molecule has 2 unspecified atom stereocenters. The van der Waals surface area contributed by atoms with E-state index in [1.807, 2.05) is 0 Å². The predicted molar refractivity (Wildman–Crippen MR) is 86.0 cm³/mol. The van der Waals surface area contributed by atoms with E-state index in [-0.39, 0.29) is 0 Å². The van der Waals surface area contributed by atoms with Gasteiger partial charge in [0.1, 0.15) is 0 Å². The topological polar surface area (TPSA) is 32.5 Å². The minimum atomic E-state index is 0.323. The lowest BCUT2D eigenvalue weighted by Crippen LogP contribution is -2.40. The lowest BCUT2D eigenvalue weighted by molar-refractivity contribution is 0.179. The maximum absolute atomic E-state index is 6.08. The minimum absolute atomic E-state index is 0.323. The molecule has 3 heteroatoms. The molecule has 0 bridgehead atoms. The van der Waals surface area contributed by atoms with Crippen LogP contribution in [0, 0.1) is 13.8 Å². The molecule has 2 N–H and O–H groups in total. The summed E-state index contributed by atoms with van der Waals surface area (Å²) in [6.07, 6.45) is 2.64. The van der Waals surface area contributed by atoms with Gasteiger partial charge in [0, 0.05) is 25.2 Å². The van der Waals surface area contributed by atoms with Crippen LogP contribution in [0.15, 0.2) is 18.2 Å². The Labute approximate surface area is 123 Å². The average molecular weight is 275 g/mol. The van der Waals surface area contributed by atoms with Crippen LogP contribution in [-0.4, -0.2) is 49.6 Å². The molecule has 2 atom stereocenters. The molecule has 0 radical (unpaired) electrons. The van der Waals surface area contributed by atoms with Crippen LogP contribution >= 0.6 is 0 Å². The van der Waals surface area contributed by atoms with Crippen molar-refractivity contribution in [3.05, 3.63) is 34.9 Å². The molecule has 1 aromatic rings. The van der Waals surface area contributed by atoms with E-state index >= 15 is 0 Å². The Hall–Kier alpha value is -0.900. The van der Waals surface area contributed by atoms with E-state index in [1.54, 1.807) is 0 Å². The summed E-state index contributed by atoms with van der Waals surface area (Å²) in [5.74, 6) is 0. The first-order valence-corrected chi connectivity index (χ1v) is 7.71. The van der Waals surface area contributed by atoms with Crippen molar-refractivity contribution in [2.75, 3.05) is 33.7 Å². The number of hydrogen-bond donors (Lipinski definition) is 1. The van der Waals surface area contributed by atoms with Gasteiger partial charge in [0.25, 0.3) is 0 Å². The fourth-order valence-corrected chi connectivity index (χ4v) is 3.35. The second kappa shape index (κ2) is 6.70. The number of nitrogens with two attached hydrogens (primary N) is 1. The van der Waals surface area contributed by atoms with Gasteiger partial charge in [-0.25, -0.2) is 0 Å². The third-order valence-electron chi connectivity index (χ3n) is 4.93. The molecule has 0 aromatic heterocycles. The van der Waals surface area contributed by atoms with Gasteiger partial charge < -0.3 is 10.6 Å². The summed E-state index contributed by atoms with van der Waals surface area (Å²) >= 11 is 0. The van der Waals surface area contributed by atoms with Gasteiger partial charge in [-0.2, -0.15) is 0 Å². The highest BCUT2D eigenvalue weighted by atomic mass is 15.2. The summed E-state index contributed by atoms with van der Waals surface area (Å²) < 4.78 is 0. The van der Waals surface area contributed by atoms with Crippen LogP contribution in [0.5, 0.6) is 0 Å². The monoisotopic (exact) mass is 275 g/mol. The van der Waals surface area contributed by atoms with E-state index in [0.717, 1.165) is 6.54 Å². The van der Waals surface area contributed by atoms with Crippen molar-refractivity contribution < 1.29 is 0 Å². The Kier molecular flexibility index (Phi) is 5.19. The van der Waals surface area contributed by atoms with Crippen molar-refractivity contribution in [1.29, 1.82) is 0 Å². The number of benzene rings is 1. The first-order chi connectivity index (χ1) is 9.54. The highest BCUT2D eigenvalue weighted by molar-refractivity contribution is 5.35. The quantitative estimate of drug-likeness (QED) is 0.895. The standard InChI is InChI=1S/C17H29N3/c1-13-7-5-9-16(14(13)2)17(11-18)20(4)12-15-8-6-10-19(15)3/h5,7,9,15,17H,6,8,10-12,18H2,1-4H3. The van der Waals surface area contributed by atoms with E-state index in [4.69, 9.17) is 5.73 Å². The normalized spacial score (nSPS) is 21.6. The van der Waals surface area contributed by atoms with Crippen LogP contribution in [0.2, 0.25) is 0 Å². The fraction of sp³-hybridized carbons (Fsp3) is 0.647. The average Bonchev–Trinajstić information content (AvgIpc) is 2.81. The number of nitrogens with zero attached hydrogens (tertiary/aromatic N) is 2. The molecule has 1 saturated heterocycles. The first kappa shape index (κ1) is 15.5. The molecule has 1 fully saturated rings. The zero-order valence-corrected chi connectivity index (χ0v) is 13.4. The van der Waals surface area contributed by atoms with Crippen LogP contribution in [0.1, 0.15) is 35.6 Å². The van der Waals surface area contributed by atoms with Crippen LogP contribution < -0.4 is 5.73 Å². The lowest BCUT2D eigenvalue weighted by Gasteiger charge is -2.33. The molecule has 0 spiro atoms. The molecule has 112 valence electrons. The molecule has 1 aromatic carbocycles. The summed E-state index contributed by atoms with van der Waals surface area (Å²) in [6, 6.07) is 7.56. The van der Waals surface area contributed by atoms with Crippen molar-refractivity contribution in [2.24, 2.45) is 5.73 Å². The Morgan fingerprint density at radius 3 is 2.75 bits per heavy atom. The van der Waals surface area contributed by atoms with Gasteiger partial charge in [-0.05, 0) is 64.0 Å². The second-order valence-electron chi connectivity index (χ2n) is 6.26. The van der Waals surface area contributed by atoms with Crippen molar-refractivity contribution in [2.45, 2.75) is 38.8 Å². The van der Waals surface area contributed by atoms with Gasteiger partial charge in [0.15, 0.2) is 0 Å². The highest BCUT2D eigenvalue weighted by Gasteiger charge is 2.25. The summed E-state index contributed by atoms with van der Waals surface area (Å²) in [5.41, 5.74) is 10.2. The van der Waals surface area contributed by atoms with E-state index in [2.05, 4.69) is 55.9 Å². The van der Waals surface area contributed by atoms with Gasteiger partial charge in [0.2, 0.25) is 0 Å². The van der Waals surface area contributed by atoms with Gasteiger partial charge in [-0.1, -0.05) is 18.2 Å². The van der Waals surface area contributed by atoms with Gasteiger partial charge >= 0.3 is 0 Å². The predicted octanol–water partition coefficient (Wildman–Crippen LogP) is 2.33. The van der Waals surface area contributed by atoms with E-state index in [9.17, 15) is 0 Å². The summed E-state index contributed by atoms with van der Waals surface area (Å²) in [4.78, 5) is 4.92. The molecule has 1 aliphatic rings. The molecule has 2 rings (SSSR count). The molecule has 0 aliphatic carbocycles. The van der Waals surface area contributed by atoms with Crippen molar-refractivity contribution in [3.8, 4) is 0 Å². The van der Waals surface area contributed by atoms with E-state index < -0.39 is 0 Å². The summed E-state index contributed by atoms with van der Waals surface area (Å²) in [7, 11) is 4.45. The number of rotatable bonds is 5. The summed E-state index contributed by atoms with van der Waals surface area (Å²) in [5, 5.41) is 0. The summed E-state index contributed by atoms with van der Waals surface area (Å²) in [6.45, 7) is 7.40. The second-order valence-corrected chi connectivity index (χ2v) is 6.26. The maximum Gasteiger partial charge on any atom is 0.0470 e. The minimum Gasteiger partial charge on any atom is -0.329 e. The fourth-order valence-electron chi connectivity index (χ4n) is 3.35. The van der Waals surface area contributed by atoms with Crippen molar-refractivity contribution in [3.63, 3.8) is 0 Å². The van der Waals surface area contributed by atoms with Crippen LogP contribution in [0.3, 0.4) is 0 Å². The maximum atomic E-state index is 6.08. The van der Waals surface area contributed by atoms with Gasteiger partial charge in [0.05, 0.1) is 0 Å². The van der Waals surface area contributed by atoms with Gasteiger partial charge in [-0.3, -0.25) is 4.90 Å². The van der Waals surface area contributed by atoms with Crippen LogP contribution in [-0.2, 0) is 0 Å². The number of aryl methyl sites for hydroxylation is 1. The molecule has 3 nitrogen and oxygen atoms in total.